The van der Waals surface area contributed by atoms with Gasteiger partial charge in [-0.15, -0.1) is 0 Å². The van der Waals surface area contributed by atoms with Gasteiger partial charge in [0.25, 0.3) is 0 Å². The maximum Gasteiger partial charge on any atom is 0.123 e. The van der Waals surface area contributed by atoms with Gasteiger partial charge in [0.15, 0.2) is 0 Å². The number of hydrogen-bond acceptors (Lipinski definition) is 1. The van der Waals surface area contributed by atoms with Crippen molar-refractivity contribution < 1.29 is 4.39 Å². The van der Waals surface area contributed by atoms with Crippen LogP contribution < -0.4 is 5.32 Å². The fourth-order valence-corrected chi connectivity index (χ4v) is 3.13. The van der Waals surface area contributed by atoms with Gasteiger partial charge in [-0.2, -0.15) is 0 Å². The molecule has 0 heterocycles. The molecule has 2 aromatic carbocycles. The zero-order chi connectivity index (χ0) is 14.7. The highest BCUT2D eigenvalue weighted by Gasteiger charge is 2.25. The Morgan fingerprint density at radius 3 is 2.43 bits per heavy atom. The van der Waals surface area contributed by atoms with E-state index in [1.165, 1.54) is 30.4 Å². The van der Waals surface area contributed by atoms with Crippen LogP contribution in [0.1, 0.15) is 54.8 Å². The second-order valence-corrected chi connectivity index (χ2v) is 5.80. The summed E-state index contributed by atoms with van der Waals surface area (Å²) in [5.74, 6) is 0.518. The van der Waals surface area contributed by atoms with E-state index >= 15 is 0 Å². The first-order chi connectivity index (χ1) is 10.3. The maximum atomic E-state index is 13.2. The quantitative estimate of drug-likeness (QED) is 0.831. The average Bonchev–Trinajstić information content (AvgIpc) is 2.45. The highest BCUT2D eigenvalue weighted by atomic mass is 19.1. The Morgan fingerprint density at radius 1 is 1.10 bits per heavy atom. The third kappa shape index (κ3) is 3.01. The number of benzene rings is 2. The van der Waals surface area contributed by atoms with Crippen LogP contribution in [-0.4, -0.2) is 6.54 Å². The Hall–Kier alpha value is -1.67. The van der Waals surface area contributed by atoms with Gasteiger partial charge in [-0.05, 0) is 54.1 Å². The van der Waals surface area contributed by atoms with Crippen LogP contribution in [0, 0.1) is 5.82 Å². The van der Waals surface area contributed by atoms with Crippen molar-refractivity contribution in [2.24, 2.45) is 0 Å². The minimum Gasteiger partial charge on any atom is -0.307 e. The van der Waals surface area contributed by atoms with Crippen molar-refractivity contribution in [2.75, 3.05) is 6.54 Å². The molecule has 0 spiro atoms. The molecule has 1 saturated carbocycles. The summed E-state index contributed by atoms with van der Waals surface area (Å²) in [7, 11) is 0. The Balaban J connectivity index is 1.99. The molecule has 2 aromatic rings. The highest BCUT2D eigenvalue weighted by Crippen LogP contribution is 2.40. The Morgan fingerprint density at radius 2 is 1.81 bits per heavy atom. The molecule has 2 heteroatoms. The molecule has 0 radical (unpaired) electrons. The first-order valence-electron chi connectivity index (χ1n) is 7.87. The summed E-state index contributed by atoms with van der Waals surface area (Å²) in [5, 5.41) is 3.56. The normalized spacial score (nSPS) is 16.5. The van der Waals surface area contributed by atoms with Crippen molar-refractivity contribution in [1.82, 2.24) is 5.32 Å². The predicted molar refractivity (Wildman–Crippen MR) is 85.0 cm³/mol. The van der Waals surface area contributed by atoms with Gasteiger partial charge in [-0.25, -0.2) is 4.39 Å². The molecule has 0 amide bonds. The second kappa shape index (κ2) is 6.40. The molecule has 21 heavy (non-hydrogen) atoms. The van der Waals surface area contributed by atoms with Crippen molar-refractivity contribution in [1.29, 1.82) is 0 Å². The van der Waals surface area contributed by atoms with E-state index in [0.29, 0.717) is 5.92 Å². The molecule has 0 bridgehead atoms. The van der Waals surface area contributed by atoms with E-state index in [9.17, 15) is 4.39 Å². The summed E-state index contributed by atoms with van der Waals surface area (Å²) in [4.78, 5) is 0. The van der Waals surface area contributed by atoms with E-state index in [0.717, 1.165) is 12.1 Å². The minimum absolute atomic E-state index is 0.146. The minimum atomic E-state index is -0.179. The summed E-state index contributed by atoms with van der Waals surface area (Å²) in [6.45, 7) is 3.00. The predicted octanol–water partition coefficient (Wildman–Crippen LogP) is 4.79. The first kappa shape index (κ1) is 14.3. The number of halogens is 1. The average molecular weight is 283 g/mol. The second-order valence-electron chi connectivity index (χ2n) is 5.80. The van der Waals surface area contributed by atoms with Crippen LogP contribution in [0.2, 0.25) is 0 Å². The van der Waals surface area contributed by atoms with Crippen molar-refractivity contribution >= 4 is 0 Å². The number of nitrogens with one attached hydrogen (secondary N) is 1. The molecule has 1 N–H and O–H groups in total. The molecule has 0 aromatic heterocycles. The highest BCUT2D eigenvalue weighted by molar-refractivity contribution is 5.40. The summed E-state index contributed by atoms with van der Waals surface area (Å²) < 4.78 is 13.2. The molecule has 1 atom stereocenters. The van der Waals surface area contributed by atoms with Crippen molar-refractivity contribution in [3.63, 3.8) is 0 Å². The first-order valence-corrected chi connectivity index (χ1v) is 7.87. The third-order valence-corrected chi connectivity index (χ3v) is 4.46. The Labute approximate surface area is 126 Å². The molecule has 0 saturated heterocycles. The van der Waals surface area contributed by atoms with Gasteiger partial charge in [-0.3, -0.25) is 0 Å². The van der Waals surface area contributed by atoms with Gasteiger partial charge in [0.1, 0.15) is 5.82 Å². The molecule has 1 unspecified atom stereocenters. The molecule has 3 rings (SSSR count). The number of hydrogen-bond donors (Lipinski definition) is 1. The smallest absolute Gasteiger partial charge is 0.123 e. The Kier molecular flexibility index (Phi) is 4.35. The van der Waals surface area contributed by atoms with Crippen LogP contribution in [0.4, 0.5) is 4.39 Å². The standard InChI is InChI=1S/C19H22FN/c1-2-21-19(15-10-12-16(20)13-11-15)18-9-4-3-8-17(18)14-6-5-7-14/h3-4,8-14,19,21H,2,5-7H2,1H3. The van der Waals surface area contributed by atoms with E-state index in [1.807, 2.05) is 12.1 Å². The lowest BCUT2D eigenvalue weighted by molar-refractivity contribution is 0.414. The van der Waals surface area contributed by atoms with Crippen LogP contribution >= 0.6 is 0 Å². The van der Waals surface area contributed by atoms with E-state index in [4.69, 9.17) is 0 Å². The van der Waals surface area contributed by atoms with Gasteiger partial charge in [-0.1, -0.05) is 49.7 Å². The Bertz CT molecular complexity index is 587. The van der Waals surface area contributed by atoms with Gasteiger partial charge in [0, 0.05) is 0 Å². The molecule has 1 nitrogen and oxygen atoms in total. The van der Waals surface area contributed by atoms with Crippen molar-refractivity contribution in [3.8, 4) is 0 Å². The topological polar surface area (TPSA) is 12.0 Å². The van der Waals surface area contributed by atoms with E-state index in [1.54, 1.807) is 12.1 Å². The van der Waals surface area contributed by atoms with Gasteiger partial charge in [0.05, 0.1) is 6.04 Å². The van der Waals surface area contributed by atoms with Crippen molar-refractivity contribution in [3.05, 3.63) is 71.0 Å². The zero-order valence-corrected chi connectivity index (χ0v) is 12.5. The van der Waals surface area contributed by atoms with E-state index in [2.05, 4.69) is 36.5 Å². The van der Waals surface area contributed by atoms with Crippen LogP contribution in [0.25, 0.3) is 0 Å². The summed E-state index contributed by atoms with van der Waals surface area (Å²) in [5.41, 5.74) is 3.93. The molecule has 0 aliphatic heterocycles. The number of rotatable bonds is 5. The van der Waals surface area contributed by atoms with Crippen LogP contribution in [0.15, 0.2) is 48.5 Å². The third-order valence-electron chi connectivity index (χ3n) is 4.46. The molecule has 1 aliphatic rings. The lowest BCUT2D eigenvalue weighted by atomic mass is 9.76. The summed E-state index contributed by atoms with van der Waals surface area (Å²) >= 11 is 0. The van der Waals surface area contributed by atoms with E-state index < -0.39 is 0 Å². The van der Waals surface area contributed by atoms with Crippen LogP contribution in [0.3, 0.4) is 0 Å². The van der Waals surface area contributed by atoms with Crippen LogP contribution in [0.5, 0.6) is 0 Å². The summed E-state index contributed by atoms with van der Waals surface area (Å²) in [6.07, 6.45) is 3.92. The molecule has 1 aliphatic carbocycles. The molecular weight excluding hydrogens is 261 g/mol. The lowest BCUT2D eigenvalue weighted by Crippen LogP contribution is -2.24. The zero-order valence-electron chi connectivity index (χ0n) is 12.5. The SMILES string of the molecule is CCNC(c1ccc(F)cc1)c1ccccc1C1CCC1. The van der Waals surface area contributed by atoms with Crippen molar-refractivity contribution in [2.45, 2.75) is 38.1 Å². The van der Waals surface area contributed by atoms with E-state index in [-0.39, 0.29) is 11.9 Å². The largest absolute Gasteiger partial charge is 0.307 e. The van der Waals surface area contributed by atoms with Gasteiger partial charge < -0.3 is 5.32 Å². The summed E-state index contributed by atoms with van der Waals surface area (Å²) in [6, 6.07) is 15.7. The van der Waals surface area contributed by atoms with Gasteiger partial charge >= 0.3 is 0 Å². The monoisotopic (exact) mass is 283 g/mol. The lowest BCUT2D eigenvalue weighted by Gasteiger charge is -2.31. The molecule has 110 valence electrons. The van der Waals surface area contributed by atoms with Crippen LogP contribution in [-0.2, 0) is 0 Å². The maximum absolute atomic E-state index is 13.2. The fourth-order valence-electron chi connectivity index (χ4n) is 3.13. The molecule has 1 fully saturated rings. The fraction of sp³-hybridized carbons (Fsp3) is 0.368. The molecular formula is C19H22FN. The van der Waals surface area contributed by atoms with Gasteiger partial charge in [0.2, 0.25) is 0 Å².